The van der Waals surface area contributed by atoms with Crippen LogP contribution in [0.25, 0.3) is 128 Å². The van der Waals surface area contributed by atoms with E-state index in [1.54, 1.807) is 0 Å². The standard InChI is InChI=1S/C65H42N4/c1-2-15-46(16-3-1)60-42-52(69-61-29-10-8-25-57(61)58-26-9-11-30-62(58)69)39-40-59(60)65-67-63(49-37-35-48(36-38-49)56-28-14-20-45-18-5-7-24-54(45)56)66-64(68-65)51-22-12-21-50(41-51)43-31-33-47(34-32-43)55-27-13-19-44-17-4-6-23-53(44)55/h1-42H. The van der Waals surface area contributed by atoms with Crippen LogP contribution in [0.1, 0.15) is 0 Å². The minimum atomic E-state index is 0.602. The summed E-state index contributed by atoms with van der Waals surface area (Å²) < 4.78 is 2.36. The van der Waals surface area contributed by atoms with Crippen molar-refractivity contribution in [2.24, 2.45) is 0 Å². The lowest BCUT2D eigenvalue weighted by molar-refractivity contribution is 1.07. The lowest BCUT2D eigenvalue weighted by Crippen LogP contribution is -2.02. The van der Waals surface area contributed by atoms with E-state index in [1.807, 2.05) is 0 Å². The quantitative estimate of drug-likeness (QED) is 0.153. The van der Waals surface area contributed by atoms with Crippen molar-refractivity contribution in [1.29, 1.82) is 0 Å². The molecule has 0 unspecified atom stereocenters. The third-order valence-corrected chi connectivity index (χ3v) is 13.5. The first-order valence-corrected chi connectivity index (χ1v) is 23.4. The summed E-state index contributed by atoms with van der Waals surface area (Å²) in [4.78, 5) is 16.0. The molecule has 13 rings (SSSR count). The third-order valence-electron chi connectivity index (χ3n) is 13.5. The molecule has 69 heavy (non-hydrogen) atoms. The van der Waals surface area contributed by atoms with E-state index in [2.05, 4.69) is 259 Å². The van der Waals surface area contributed by atoms with Gasteiger partial charge in [0.1, 0.15) is 0 Å². The van der Waals surface area contributed by atoms with Crippen LogP contribution in [0.2, 0.25) is 0 Å². The minimum absolute atomic E-state index is 0.602. The van der Waals surface area contributed by atoms with E-state index in [4.69, 9.17) is 15.0 Å². The molecule has 2 aromatic heterocycles. The van der Waals surface area contributed by atoms with Gasteiger partial charge in [-0.05, 0) is 102 Å². The Morgan fingerprint density at radius 1 is 0.232 bits per heavy atom. The fraction of sp³-hybridized carbons (Fsp3) is 0. The SMILES string of the molecule is c1ccc(-c2cc(-n3c4ccccc4c4ccccc43)ccc2-c2nc(-c3ccc(-c4cccc5ccccc45)cc3)nc(-c3cccc(-c4ccc(-c5cccc6ccccc56)cc4)c3)n2)cc1. The van der Waals surface area contributed by atoms with Crippen LogP contribution >= 0.6 is 0 Å². The number of hydrogen-bond donors (Lipinski definition) is 0. The lowest BCUT2D eigenvalue weighted by atomic mass is 9.95. The summed E-state index contributed by atoms with van der Waals surface area (Å²) in [6.45, 7) is 0. The Labute approximate surface area is 400 Å². The number of hydrogen-bond acceptors (Lipinski definition) is 3. The maximum absolute atomic E-state index is 5.37. The van der Waals surface area contributed by atoms with Crippen molar-refractivity contribution < 1.29 is 0 Å². The second-order valence-corrected chi connectivity index (χ2v) is 17.6. The molecule has 0 spiro atoms. The largest absolute Gasteiger partial charge is 0.309 e. The highest BCUT2D eigenvalue weighted by molar-refractivity contribution is 6.09. The predicted octanol–water partition coefficient (Wildman–Crippen LogP) is 16.9. The number of para-hydroxylation sites is 2. The number of rotatable bonds is 8. The van der Waals surface area contributed by atoms with Crippen molar-refractivity contribution in [2.75, 3.05) is 0 Å². The molecule has 11 aromatic carbocycles. The summed E-state index contributed by atoms with van der Waals surface area (Å²) in [5.74, 6) is 1.81. The third kappa shape index (κ3) is 7.23. The summed E-state index contributed by atoms with van der Waals surface area (Å²) >= 11 is 0. The zero-order valence-electron chi connectivity index (χ0n) is 37.5. The second kappa shape index (κ2) is 16.9. The Balaban J connectivity index is 0.958. The first-order chi connectivity index (χ1) is 34.2. The molecule has 0 saturated carbocycles. The Kier molecular flexibility index (Phi) is 9.80. The molecule has 0 N–H and O–H groups in total. The van der Waals surface area contributed by atoms with Gasteiger partial charge in [-0.3, -0.25) is 0 Å². The smallest absolute Gasteiger partial charge is 0.164 e. The van der Waals surface area contributed by atoms with Crippen LogP contribution in [0.4, 0.5) is 0 Å². The van der Waals surface area contributed by atoms with E-state index < -0.39 is 0 Å². The maximum atomic E-state index is 5.37. The Morgan fingerprint density at radius 2 is 0.667 bits per heavy atom. The van der Waals surface area contributed by atoms with Crippen LogP contribution in [0.3, 0.4) is 0 Å². The van der Waals surface area contributed by atoms with Crippen LogP contribution in [0, 0.1) is 0 Å². The van der Waals surface area contributed by atoms with Crippen molar-refractivity contribution in [3.05, 3.63) is 255 Å². The number of aromatic nitrogens is 4. The van der Waals surface area contributed by atoms with Gasteiger partial charge in [0.15, 0.2) is 17.5 Å². The van der Waals surface area contributed by atoms with Gasteiger partial charge in [-0.1, -0.05) is 218 Å². The highest BCUT2D eigenvalue weighted by Gasteiger charge is 2.20. The van der Waals surface area contributed by atoms with Crippen molar-refractivity contribution in [2.45, 2.75) is 0 Å². The average Bonchev–Trinajstić information content (AvgIpc) is 3.77. The van der Waals surface area contributed by atoms with Gasteiger partial charge in [0.25, 0.3) is 0 Å². The van der Waals surface area contributed by atoms with Crippen LogP contribution in [-0.2, 0) is 0 Å². The molecule has 0 aliphatic rings. The van der Waals surface area contributed by atoms with E-state index in [-0.39, 0.29) is 0 Å². The molecule has 2 heterocycles. The molecule has 0 saturated heterocycles. The molecular weight excluding hydrogens is 837 g/mol. The molecule has 4 nitrogen and oxygen atoms in total. The van der Waals surface area contributed by atoms with Crippen LogP contribution in [0.15, 0.2) is 255 Å². The molecule has 0 amide bonds. The molecule has 0 fully saturated rings. The van der Waals surface area contributed by atoms with E-state index in [0.717, 1.165) is 61.2 Å². The fourth-order valence-corrected chi connectivity index (χ4v) is 10.1. The maximum Gasteiger partial charge on any atom is 0.164 e. The first kappa shape index (κ1) is 40.1. The molecule has 0 radical (unpaired) electrons. The normalized spacial score (nSPS) is 11.5. The van der Waals surface area contributed by atoms with Gasteiger partial charge >= 0.3 is 0 Å². The molecule has 0 aliphatic heterocycles. The van der Waals surface area contributed by atoms with Gasteiger partial charge in [-0.15, -0.1) is 0 Å². The van der Waals surface area contributed by atoms with Gasteiger partial charge in [0.2, 0.25) is 0 Å². The van der Waals surface area contributed by atoms with E-state index in [9.17, 15) is 0 Å². The summed E-state index contributed by atoms with van der Waals surface area (Å²) in [7, 11) is 0. The van der Waals surface area contributed by atoms with Crippen LogP contribution in [0.5, 0.6) is 0 Å². The first-order valence-electron chi connectivity index (χ1n) is 23.4. The van der Waals surface area contributed by atoms with Gasteiger partial charge < -0.3 is 4.57 Å². The highest BCUT2D eigenvalue weighted by Crippen LogP contribution is 2.39. The molecule has 0 atom stereocenters. The van der Waals surface area contributed by atoms with Gasteiger partial charge in [-0.2, -0.15) is 0 Å². The van der Waals surface area contributed by atoms with Crippen LogP contribution < -0.4 is 0 Å². The molecule has 0 aliphatic carbocycles. The average molecular weight is 879 g/mol. The zero-order chi connectivity index (χ0) is 45.7. The van der Waals surface area contributed by atoms with E-state index in [1.165, 1.54) is 49.0 Å². The number of fused-ring (bicyclic) bond motifs is 5. The highest BCUT2D eigenvalue weighted by atomic mass is 15.0. The topological polar surface area (TPSA) is 43.6 Å². The summed E-state index contributed by atoms with van der Waals surface area (Å²) in [6, 6.07) is 90.7. The summed E-state index contributed by atoms with van der Waals surface area (Å²) in [5.41, 5.74) is 15.2. The lowest BCUT2D eigenvalue weighted by Gasteiger charge is -2.16. The Morgan fingerprint density at radius 3 is 1.29 bits per heavy atom. The van der Waals surface area contributed by atoms with E-state index >= 15 is 0 Å². The van der Waals surface area contributed by atoms with Gasteiger partial charge in [-0.25, -0.2) is 15.0 Å². The Bertz CT molecular complexity index is 3990. The van der Waals surface area contributed by atoms with Crippen molar-refractivity contribution in [1.82, 2.24) is 19.5 Å². The van der Waals surface area contributed by atoms with Crippen LogP contribution in [-0.4, -0.2) is 19.5 Å². The number of benzene rings is 11. The van der Waals surface area contributed by atoms with Gasteiger partial charge in [0, 0.05) is 33.2 Å². The zero-order valence-corrected chi connectivity index (χ0v) is 37.5. The fourth-order valence-electron chi connectivity index (χ4n) is 10.1. The molecule has 4 heteroatoms. The minimum Gasteiger partial charge on any atom is -0.309 e. The van der Waals surface area contributed by atoms with Gasteiger partial charge in [0.05, 0.1) is 11.0 Å². The number of nitrogens with zero attached hydrogens (tertiary/aromatic N) is 4. The van der Waals surface area contributed by atoms with E-state index in [0.29, 0.717) is 17.5 Å². The van der Waals surface area contributed by atoms with Crippen molar-refractivity contribution >= 4 is 43.4 Å². The second-order valence-electron chi connectivity index (χ2n) is 17.6. The monoisotopic (exact) mass is 878 g/mol. The molecule has 13 aromatic rings. The van der Waals surface area contributed by atoms with Crippen molar-refractivity contribution in [3.8, 4) is 84.4 Å². The predicted molar refractivity (Wildman–Crippen MR) is 287 cm³/mol. The molecular formula is C65H42N4. The summed E-state index contributed by atoms with van der Waals surface area (Å²) in [6.07, 6.45) is 0. The molecule has 322 valence electrons. The Hall–Kier alpha value is -9.25. The summed E-state index contributed by atoms with van der Waals surface area (Å²) in [5, 5.41) is 7.36. The van der Waals surface area contributed by atoms with Crippen molar-refractivity contribution in [3.63, 3.8) is 0 Å². The molecule has 0 bridgehead atoms.